The molecule has 0 aliphatic heterocycles. The van der Waals surface area contributed by atoms with Crippen LogP contribution in [0.1, 0.15) is 26.3 Å². The summed E-state index contributed by atoms with van der Waals surface area (Å²) in [5, 5.41) is 9.45. The van der Waals surface area contributed by atoms with Crippen LogP contribution in [-0.4, -0.2) is 20.6 Å². The van der Waals surface area contributed by atoms with Crippen molar-refractivity contribution in [2.75, 3.05) is 0 Å². The van der Waals surface area contributed by atoms with Gasteiger partial charge in [-0.15, -0.1) is 0 Å². The lowest BCUT2D eigenvalue weighted by atomic mass is 10.2. The SMILES string of the molecule is CC(C)(C)[S+]([O-])N=Cc1cc(F)cc(Cl)c1O. The quantitative estimate of drug-likeness (QED) is 0.667. The molecule has 0 fully saturated rings. The fourth-order valence-electron chi connectivity index (χ4n) is 0.947. The number of phenolic OH excluding ortho intramolecular Hbond substituents is 1. The maximum Gasteiger partial charge on any atom is 0.144 e. The number of aromatic hydroxyl groups is 1. The number of hydrogen-bond donors (Lipinski definition) is 1. The van der Waals surface area contributed by atoms with E-state index in [0.717, 1.165) is 18.3 Å². The smallest absolute Gasteiger partial charge is 0.144 e. The first-order valence-corrected chi connectivity index (χ1v) is 6.34. The Hall–Kier alpha value is -0.780. The minimum Gasteiger partial charge on any atom is -0.591 e. The molecule has 1 aromatic carbocycles. The number of phenols is 1. The summed E-state index contributed by atoms with van der Waals surface area (Å²) in [5.41, 5.74) is 0.104. The van der Waals surface area contributed by atoms with Crippen LogP contribution in [0.3, 0.4) is 0 Å². The first-order valence-electron chi connectivity index (χ1n) is 4.86. The van der Waals surface area contributed by atoms with Crippen LogP contribution < -0.4 is 0 Å². The Kier molecular flexibility index (Phi) is 4.41. The molecule has 6 heteroatoms. The molecule has 1 aromatic rings. The van der Waals surface area contributed by atoms with E-state index in [-0.39, 0.29) is 16.3 Å². The van der Waals surface area contributed by atoms with Gasteiger partial charge < -0.3 is 9.66 Å². The molecule has 3 nitrogen and oxygen atoms in total. The van der Waals surface area contributed by atoms with Crippen molar-refractivity contribution < 1.29 is 14.0 Å². The van der Waals surface area contributed by atoms with Crippen molar-refractivity contribution in [1.82, 2.24) is 0 Å². The van der Waals surface area contributed by atoms with Gasteiger partial charge in [0.2, 0.25) is 0 Å². The summed E-state index contributed by atoms with van der Waals surface area (Å²) in [6, 6.07) is 2.07. The van der Waals surface area contributed by atoms with Crippen LogP contribution in [0.25, 0.3) is 0 Å². The molecule has 0 aliphatic carbocycles. The van der Waals surface area contributed by atoms with Crippen molar-refractivity contribution in [3.05, 3.63) is 28.5 Å². The molecule has 0 bridgehead atoms. The summed E-state index contributed by atoms with van der Waals surface area (Å²) in [6.07, 6.45) is 1.16. The van der Waals surface area contributed by atoms with Crippen molar-refractivity contribution in [1.29, 1.82) is 0 Å². The molecule has 0 saturated carbocycles. The largest absolute Gasteiger partial charge is 0.591 e. The molecule has 0 amide bonds. The van der Waals surface area contributed by atoms with E-state index in [0.29, 0.717) is 0 Å². The highest BCUT2D eigenvalue weighted by Crippen LogP contribution is 2.28. The van der Waals surface area contributed by atoms with Gasteiger partial charge in [-0.05, 0) is 32.9 Å². The van der Waals surface area contributed by atoms with E-state index in [2.05, 4.69) is 4.40 Å². The average molecular weight is 278 g/mol. The second-order valence-corrected chi connectivity index (χ2v) is 6.76. The zero-order valence-corrected chi connectivity index (χ0v) is 11.3. The van der Waals surface area contributed by atoms with Crippen LogP contribution in [0, 0.1) is 5.82 Å². The number of nitrogens with zero attached hydrogens (tertiary/aromatic N) is 1. The van der Waals surface area contributed by atoms with E-state index in [1.54, 1.807) is 20.8 Å². The molecular formula is C11H13ClFNO2S. The summed E-state index contributed by atoms with van der Waals surface area (Å²) in [7, 11) is 0. The van der Waals surface area contributed by atoms with E-state index in [9.17, 15) is 14.0 Å². The third-order valence-electron chi connectivity index (χ3n) is 1.87. The molecule has 0 spiro atoms. The Balaban J connectivity index is 3.00. The van der Waals surface area contributed by atoms with E-state index in [4.69, 9.17) is 11.6 Å². The number of rotatable bonds is 2. The highest BCUT2D eigenvalue weighted by atomic mass is 35.5. The average Bonchev–Trinajstić information content (AvgIpc) is 2.19. The molecule has 0 radical (unpaired) electrons. The molecule has 94 valence electrons. The van der Waals surface area contributed by atoms with E-state index >= 15 is 0 Å². The Morgan fingerprint density at radius 1 is 1.47 bits per heavy atom. The molecule has 0 aromatic heterocycles. The standard InChI is InChI=1S/C11H13ClFNO2S/c1-11(2,3)17(16)14-6-7-4-8(13)5-9(12)10(7)15/h4-6,15H,1-3H3. The fraction of sp³-hybridized carbons (Fsp3) is 0.364. The van der Waals surface area contributed by atoms with Crippen LogP contribution in [-0.2, 0) is 11.4 Å². The minimum atomic E-state index is -1.47. The van der Waals surface area contributed by atoms with Gasteiger partial charge in [-0.1, -0.05) is 16.0 Å². The zero-order valence-electron chi connectivity index (χ0n) is 9.70. The highest BCUT2D eigenvalue weighted by Gasteiger charge is 2.26. The van der Waals surface area contributed by atoms with Crippen molar-refractivity contribution in [2.45, 2.75) is 25.5 Å². The van der Waals surface area contributed by atoms with Gasteiger partial charge in [0.15, 0.2) is 0 Å². The van der Waals surface area contributed by atoms with Crippen LogP contribution in [0.2, 0.25) is 5.02 Å². The predicted molar refractivity (Wildman–Crippen MR) is 68.6 cm³/mol. The van der Waals surface area contributed by atoms with Crippen LogP contribution >= 0.6 is 11.6 Å². The minimum absolute atomic E-state index is 0.104. The molecule has 0 saturated heterocycles. The molecule has 0 heterocycles. The van der Waals surface area contributed by atoms with Crippen molar-refractivity contribution in [2.24, 2.45) is 4.40 Å². The molecule has 1 rings (SSSR count). The topological polar surface area (TPSA) is 55.7 Å². The summed E-state index contributed by atoms with van der Waals surface area (Å²) in [6.45, 7) is 5.29. The maximum absolute atomic E-state index is 13.0. The normalized spacial score (nSPS) is 14.2. The van der Waals surface area contributed by atoms with Gasteiger partial charge in [-0.25, -0.2) is 4.39 Å². The third-order valence-corrected chi connectivity index (χ3v) is 3.50. The van der Waals surface area contributed by atoms with Gasteiger partial charge >= 0.3 is 0 Å². The van der Waals surface area contributed by atoms with Gasteiger partial charge in [0.1, 0.15) is 27.7 Å². The summed E-state index contributed by atoms with van der Waals surface area (Å²) < 4.78 is 27.9. The predicted octanol–water partition coefficient (Wildman–Crippen LogP) is 3.07. The van der Waals surface area contributed by atoms with Crippen molar-refractivity contribution in [3.8, 4) is 5.75 Å². The second-order valence-electron chi connectivity index (χ2n) is 4.42. The molecule has 1 unspecified atom stereocenters. The summed E-state index contributed by atoms with van der Waals surface area (Å²) in [5.74, 6) is -0.862. The maximum atomic E-state index is 13.0. The monoisotopic (exact) mass is 277 g/mol. The number of benzene rings is 1. The Labute approximate surface area is 108 Å². The first kappa shape index (κ1) is 14.3. The van der Waals surface area contributed by atoms with E-state index < -0.39 is 21.9 Å². The van der Waals surface area contributed by atoms with Gasteiger partial charge in [0, 0.05) is 5.56 Å². The van der Waals surface area contributed by atoms with Crippen LogP contribution in [0.4, 0.5) is 4.39 Å². The zero-order chi connectivity index (χ0) is 13.2. The van der Waals surface area contributed by atoms with Gasteiger partial charge in [0.25, 0.3) is 0 Å². The Morgan fingerprint density at radius 3 is 2.59 bits per heavy atom. The molecule has 0 aliphatic rings. The molecule has 1 atom stereocenters. The van der Waals surface area contributed by atoms with Crippen LogP contribution in [0.15, 0.2) is 16.5 Å². The number of hydrogen-bond acceptors (Lipinski definition) is 3. The second kappa shape index (κ2) is 5.25. The summed E-state index contributed by atoms with van der Waals surface area (Å²) >= 11 is 4.13. The lowest BCUT2D eigenvalue weighted by Gasteiger charge is -2.17. The number of halogens is 2. The Bertz CT molecular complexity index is 446. The summed E-state index contributed by atoms with van der Waals surface area (Å²) in [4.78, 5) is 0. The highest BCUT2D eigenvalue weighted by molar-refractivity contribution is 7.91. The van der Waals surface area contributed by atoms with Gasteiger partial charge in [-0.2, -0.15) is 0 Å². The molecule has 17 heavy (non-hydrogen) atoms. The fourth-order valence-corrected chi connectivity index (χ4v) is 1.69. The van der Waals surface area contributed by atoms with E-state index in [1.165, 1.54) is 0 Å². The van der Waals surface area contributed by atoms with Gasteiger partial charge in [-0.3, -0.25) is 0 Å². The molecule has 1 N–H and O–H groups in total. The third kappa shape index (κ3) is 3.87. The first-order chi connectivity index (χ1) is 7.71. The Morgan fingerprint density at radius 2 is 2.06 bits per heavy atom. The van der Waals surface area contributed by atoms with Crippen molar-refractivity contribution >= 4 is 29.2 Å². The lowest BCUT2D eigenvalue weighted by Crippen LogP contribution is -2.25. The van der Waals surface area contributed by atoms with Crippen molar-refractivity contribution in [3.63, 3.8) is 0 Å². The van der Waals surface area contributed by atoms with Gasteiger partial charge in [0.05, 0.1) is 11.2 Å². The van der Waals surface area contributed by atoms with Crippen LogP contribution in [0.5, 0.6) is 5.75 Å². The molecular weight excluding hydrogens is 265 g/mol. The lowest BCUT2D eigenvalue weighted by molar-refractivity contribution is 0.472. The van der Waals surface area contributed by atoms with E-state index in [1.807, 2.05) is 0 Å².